The van der Waals surface area contributed by atoms with Gasteiger partial charge < -0.3 is 11.5 Å². The van der Waals surface area contributed by atoms with Gasteiger partial charge in [-0.3, -0.25) is 0 Å². The Labute approximate surface area is 69.3 Å². The Morgan fingerprint density at radius 2 is 1.91 bits per heavy atom. The molecule has 0 aromatic carbocycles. The van der Waals surface area contributed by atoms with Crippen LogP contribution in [0.3, 0.4) is 0 Å². The van der Waals surface area contributed by atoms with Crippen LogP contribution in [0.1, 0.15) is 13.8 Å². The van der Waals surface area contributed by atoms with Crippen LogP contribution in [-0.4, -0.2) is 6.54 Å². The SMILES string of the molecule is C=C/C=C\C=C(\N)CN.CC. The van der Waals surface area contributed by atoms with Crippen molar-refractivity contribution in [3.05, 3.63) is 36.6 Å². The minimum absolute atomic E-state index is 0.404. The molecule has 0 heterocycles. The Morgan fingerprint density at radius 1 is 1.36 bits per heavy atom. The Kier molecular flexibility index (Phi) is 13.5. The second-order valence-electron chi connectivity index (χ2n) is 1.57. The molecule has 0 saturated heterocycles. The summed E-state index contributed by atoms with van der Waals surface area (Å²) in [5.74, 6) is 0. The largest absolute Gasteiger partial charge is 0.401 e. The molecule has 0 aromatic heterocycles. The predicted molar refractivity (Wildman–Crippen MR) is 52.0 cm³/mol. The summed E-state index contributed by atoms with van der Waals surface area (Å²) in [5, 5.41) is 0. The number of hydrogen-bond acceptors (Lipinski definition) is 2. The van der Waals surface area contributed by atoms with Crippen molar-refractivity contribution in [1.29, 1.82) is 0 Å². The first-order valence-electron chi connectivity index (χ1n) is 3.75. The molecule has 2 heteroatoms. The Balaban J connectivity index is 0. The van der Waals surface area contributed by atoms with Crippen LogP contribution >= 0.6 is 0 Å². The minimum Gasteiger partial charge on any atom is -0.401 e. The van der Waals surface area contributed by atoms with Crippen molar-refractivity contribution in [2.75, 3.05) is 6.54 Å². The lowest BCUT2D eigenvalue weighted by Gasteiger charge is -1.88. The summed E-state index contributed by atoms with van der Waals surface area (Å²) < 4.78 is 0. The lowest BCUT2D eigenvalue weighted by molar-refractivity contribution is 1.11. The topological polar surface area (TPSA) is 52.0 Å². The fourth-order valence-electron chi connectivity index (χ4n) is 0.326. The zero-order valence-corrected chi connectivity index (χ0v) is 7.38. The third kappa shape index (κ3) is 12.2. The molecule has 0 unspecified atom stereocenters. The van der Waals surface area contributed by atoms with Crippen molar-refractivity contribution in [2.45, 2.75) is 13.8 Å². The number of hydrogen-bond donors (Lipinski definition) is 2. The molecule has 0 amide bonds. The fourth-order valence-corrected chi connectivity index (χ4v) is 0.326. The first-order chi connectivity index (χ1) is 5.31. The smallest absolute Gasteiger partial charge is 0.0326 e. The van der Waals surface area contributed by atoms with E-state index >= 15 is 0 Å². The molecule has 0 aliphatic rings. The third-order valence-electron chi connectivity index (χ3n) is 0.793. The molecule has 0 bridgehead atoms. The Hall–Kier alpha value is -1.02. The normalized spacial score (nSPS) is 10.6. The van der Waals surface area contributed by atoms with E-state index in [1.165, 1.54) is 0 Å². The predicted octanol–water partition coefficient (Wildman–Crippen LogP) is 1.56. The van der Waals surface area contributed by atoms with Gasteiger partial charge in [-0.05, 0) is 6.08 Å². The molecule has 0 aromatic rings. The van der Waals surface area contributed by atoms with Crippen molar-refractivity contribution in [2.24, 2.45) is 11.5 Å². The summed E-state index contributed by atoms with van der Waals surface area (Å²) in [6, 6.07) is 0. The highest BCUT2D eigenvalue weighted by Gasteiger charge is 1.76. The van der Waals surface area contributed by atoms with Crippen LogP contribution in [0.15, 0.2) is 36.6 Å². The molecular formula is C9H18N2. The molecule has 0 rings (SSSR count). The lowest BCUT2D eigenvalue weighted by Crippen LogP contribution is -2.10. The average Bonchev–Trinajstić information content (AvgIpc) is 2.08. The summed E-state index contributed by atoms with van der Waals surface area (Å²) in [6.45, 7) is 7.90. The first-order valence-corrected chi connectivity index (χ1v) is 3.75. The second-order valence-corrected chi connectivity index (χ2v) is 1.57. The van der Waals surface area contributed by atoms with Gasteiger partial charge in [-0.2, -0.15) is 0 Å². The van der Waals surface area contributed by atoms with Crippen LogP contribution in [0.2, 0.25) is 0 Å². The Bertz CT molecular complexity index is 134. The van der Waals surface area contributed by atoms with Crippen molar-refractivity contribution < 1.29 is 0 Å². The van der Waals surface area contributed by atoms with Gasteiger partial charge in [-0.15, -0.1) is 0 Å². The molecule has 4 N–H and O–H groups in total. The molecular weight excluding hydrogens is 136 g/mol. The monoisotopic (exact) mass is 154 g/mol. The van der Waals surface area contributed by atoms with Crippen LogP contribution in [0, 0.1) is 0 Å². The number of allylic oxidation sites excluding steroid dienone is 4. The summed E-state index contributed by atoms with van der Waals surface area (Å²) >= 11 is 0. The van der Waals surface area contributed by atoms with E-state index in [1.54, 1.807) is 24.3 Å². The van der Waals surface area contributed by atoms with Crippen LogP contribution < -0.4 is 11.5 Å². The molecule has 0 aliphatic carbocycles. The average molecular weight is 154 g/mol. The number of rotatable bonds is 3. The highest BCUT2D eigenvalue weighted by Crippen LogP contribution is 1.81. The molecule has 0 radical (unpaired) electrons. The maximum absolute atomic E-state index is 5.36. The summed E-state index contributed by atoms with van der Waals surface area (Å²) in [7, 11) is 0. The zero-order chi connectivity index (χ0) is 9.11. The van der Waals surface area contributed by atoms with Crippen LogP contribution in [0.5, 0.6) is 0 Å². The van der Waals surface area contributed by atoms with E-state index < -0.39 is 0 Å². The van der Waals surface area contributed by atoms with Crippen LogP contribution in [0.4, 0.5) is 0 Å². The third-order valence-corrected chi connectivity index (χ3v) is 0.793. The molecule has 0 spiro atoms. The van der Waals surface area contributed by atoms with Crippen molar-refractivity contribution in [1.82, 2.24) is 0 Å². The van der Waals surface area contributed by atoms with E-state index in [1.807, 2.05) is 13.8 Å². The zero-order valence-electron chi connectivity index (χ0n) is 7.38. The summed E-state index contributed by atoms with van der Waals surface area (Å²) in [6.07, 6.45) is 7.03. The molecule has 2 nitrogen and oxygen atoms in total. The van der Waals surface area contributed by atoms with E-state index in [2.05, 4.69) is 6.58 Å². The summed E-state index contributed by atoms with van der Waals surface area (Å²) in [5.41, 5.74) is 11.2. The molecule has 0 saturated carbocycles. The molecule has 0 atom stereocenters. The second kappa shape index (κ2) is 11.7. The minimum atomic E-state index is 0.404. The van der Waals surface area contributed by atoms with Crippen molar-refractivity contribution in [3.63, 3.8) is 0 Å². The van der Waals surface area contributed by atoms with Crippen molar-refractivity contribution in [3.8, 4) is 0 Å². The van der Waals surface area contributed by atoms with Crippen LogP contribution in [-0.2, 0) is 0 Å². The van der Waals surface area contributed by atoms with E-state index in [0.717, 1.165) is 0 Å². The molecule has 0 fully saturated rings. The van der Waals surface area contributed by atoms with E-state index in [9.17, 15) is 0 Å². The summed E-state index contributed by atoms with van der Waals surface area (Å²) in [4.78, 5) is 0. The van der Waals surface area contributed by atoms with E-state index in [0.29, 0.717) is 12.2 Å². The van der Waals surface area contributed by atoms with E-state index in [4.69, 9.17) is 11.5 Å². The first kappa shape index (κ1) is 12.6. The lowest BCUT2D eigenvalue weighted by atomic mass is 10.4. The fraction of sp³-hybridized carbons (Fsp3) is 0.333. The molecule has 0 aliphatic heterocycles. The van der Waals surface area contributed by atoms with Gasteiger partial charge in [0.25, 0.3) is 0 Å². The quantitative estimate of drug-likeness (QED) is 0.606. The van der Waals surface area contributed by atoms with E-state index in [-0.39, 0.29) is 0 Å². The van der Waals surface area contributed by atoms with Crippen LogP contribution in [0.25, 0.3) is 0 Å². The highest BCUT2D eigenvalue weighted by molar-refractivity contribution is 5.13. The highest BCUT2D eigenvalue weighted by atomic mass is 14.7. The maximum Gasteiger partial charge on any atom is 0.0326 e. The van der Waals surface area contributed by atoms with Gasteiger partial charge in [-0.1, -0.05) is 38.7 Å². The van der Waals surface area contributed by atoms with Gasteiger partial charge in [0.05, 0.1) is 0 Å². The van der Waals surface area contributed by atoms with Gasteiger partial charge in [0.1, 0.15) is 0 Å². The molecule has 64 valence electrons. The van der Waals surface area contributed by atoms with Crippen molar-refractivity contribution >= 4 is 0 Å². The number of nitrogens with two attached hydrogens (primary N) is 2. The standard InChI is InChI=1S/C7H12N2.C2H6/c1-2-3-4-5-7(9)6-8;1-2/h2-5H,1,6,8-9H2;1-2H3/b4-3-,7-5+;. The van der Waals surface area contributed by atoms with Gasteiger partial charge in [-0.25, -0.2) is 0 Å². The van der Waals surface area contributed by atoms with Gasteiger partial charge in [0.15, 0.2) is 0 Å². The molecule has 11 heavy (non-hydrogen) atoms. The van der Waals surface area contributed by atoms with Gasteiger partial charge in [0.2, 0.25) is 0 Å². The van der Waals surface area contributed by atoms with Gasteiger partial charge in [0, 0.05) is 12.2 Å². The maximum atomic E-state index is 5.36. The Morgan fingerprint density at radius 3 is 2.27 bits per heavy atom. The van der Waals surface area contributed by atoms with Gasteiger partial charge >= 0.3 is 0 Å².